The van der Waals surface area contributed by atoms with Crippen molar-refractivity contribution in [3.63, 3.8) is 0 Å². The van der Waals surface area contributed by atoms with Gasteiger partial charge in [-0.3, -0.25) is 4.98 Å². The molecule has 0 saturated carbocycles. The van der Waals surface area contributed by atoms with Crippen molar-refractivity contribution >= 4 is 0 Å². The predicted octanol–water partition coefficient (Wildman–Crippen LogP) is 3.05. The average molecular weight is 272 g/mol. The fourth-order valence-corrected chi connectivity index (χ4v) is 1.86. The monoisotopic (exact) mass is 272 g/mol. The van der Waals surface area contributed by atoms with Crippen LogP contribution in [0.15, 0.2) is 36.5 Å². The molecule has 0 fully saturated rings. The van der Waals surface area contributed by atoms with Crippen LogP contribution in [0, 0.1) is 17.1 Å². The molecule has 0 radical (unpaired) electrons. The molecule has 1 heterocycles. The Morgan fingerprint density at radius 3 is 2.40 bits per heavy atom. The third kappa shape index (κ3) is 2.82. The van der Waals surface area contributed by atoms with Crippen LogP contribution in [0.1, 0.15) is 17.4 Å². The van der Waals surface area contributed by atoms with Crippen LogP contribution in [-0.4, -0.2) is 19.2 Å². The van der Waals surface area contributed by atoms with E-state index in [0.717, 1.165) is 11.8 Å². The molecule has 1 aromatic carbocycles. The fraction of sp³-hybridized carbons (Fsp3) is 0.200. The zero-order valence-corrected chi connectivity index (χ0v) is 11.1. The summed E-state index contributed by atoms with van der Waals surface area (Å²) in [4.78, 5) is 4.05. The molecule has 0 saturated heterocycles. The number of pyridine rings is 1. The molecular formula is C15H13FN2O2. The molecule has 0 N–H and O–H groups in total. The van der Waals surface area contributed by atoms with Crippen LogP contribution in [0.3, 0.4) is 0 Å². The molecule has 4 nitrogen and oxygen atoms in total. The molecule has 0 bridgehead atoms. The normalized spacial score (nSPS) is 10.6. The van der Waals surface area contributed by atoms with Crippen LogP contribution < -0.4 is 0 Å². The summed E-state index contributed by atoms with van der Waals surface area (Å²) in [6.45, 7) is 0. The summed E-state index contributed by atoms with van der Waals surface area (Å²) in [6, 6.07) is 10.5. The van der Waals surface area contributed by atoms with Crippen molar-refractivity contribution in [2.75, 3.05) is 14.2 Å². The van der Waals surface area contributed by atoms with Crippen LogP contribution in [0.2, 0.25) is 0 Å². The summed E-state index contributed by atoms with van der Waals surface area (Å²) in [6.07, 6.45) is 0.351. The van der Waals surface area contributed by atoms with Gasteiger partial charge in [-0.2, -0.15) is 5.26 Å². The van der Waals surface area contributed by atoms with Gasteiger partial charge in [-0.1, -0.05) is 12.1 Å². The van der Waals surface area contributed by atoms with Crippen molar-refractivity contribution in [2.24, 2.45) is 0 Å². The third-order valence-electron chi connectivity index (χ3n) is 2.88. The van der Waals surface area contributed by atoms with Gasteiger partial charge in [-0.05, 0) is 18.2 Å². The molecular weight excluding hydrogens is 259 g/mol. The first-order valence-corrected chi connectivity index (χ1v) is 5.91. The molecule has 1 aromatic heterocycles. The van der Waals surface area contributed by atoms with Gasteiger partial charge in [-0.15, -0.1) is 0 Å². The van der Waals surface area contributed by atoms with Crippen LogP contribution >= 0.6 is 0 Å². The van der Waals surface area contributed by atoms with E-state index in [1.165, 1.54) is 14.2 Å². The predicted molar refractivity (Wildman–Crippen MR) is 71.1 cm³/mol. The Bertz CT molecular complexity index is 631. The first-order chi connectivity index (χ1) is 9.69. The number of nitriles is 1. The van der Waals surface area contributed by atoms with Gasteiger partial charge < -0.3 is 9.47 Å². The van der Waals surface area contributed by atoms with Crippen molar-refractivity contribution < 1.29 is 13.9 Å². The van der Waals surface area contributed by atoms with Gasteiger partial charge in [0.1, 0.15) is 5.82 Å². The summed E-state index contributed by atoms with van der Waals surface area (Å²) >= 11 is 0. The van der Waals surface area contributed by atoms with Crippen molar-refractivity contribution in [3.8, 4) is 17.3 Å². The Morgan fingerprint density at radius 1 is 1.20 bits per heavy atom. The molecule has 0 amide bonds. The van der Waals surface area contributed by atoms with Crippen LogP contribution in [0.4, 0.5) is 4.39 Å². The van der Waals surface area contributed by atoms with Gasteiger partial charge in [0.05, 0.1) is 23.5 Å². The van der Waals surface area contributed by atoms with E-state index in [1.54, 1.807) is 30.3 Å². The first kappa shape index (κ1) is 14.1. The summed E-state index contributed by atoms with van der Waals surface area (Å²) in [7, 11) is 2.88. The van der Waals surface area contributed by atoms with Crippen LogP contribution in [-0.2, 0) is 9.47 Å². The van der Waals surface area contributed by atoms with E-state index in [0.29, 0.717) is 11.3 Å². The molecule has 0 spiro atoms. The topological polar surface area (TPSA) is 55.1 Å². The number of halogens is 1. The second-order valence-corrected chi connectivity index (χ2v) is 4.08. The zero-order chi connectivity index (χ0) is 14.5. The quantitative estimate of drug-likeness (QED) is 0.803. The van der Waals surface area contributed by atoms with Gasteiger partial charge in [0.25, 0.3) is 0 Å². The smallest absolute Gasteiger partial charge is 0.186 e. The molecule has 20 heavy (non-hydrogen) atoms. The van der Waals surface area contributed by atoms with E-state index in [1.807, 2.05) is 6.07 Å². The number of methoxy groups -OCH3 is 2. The van der Waals surface area contributed by atoms with Gasteiger partial charge >= 0.3 is 0 Å². The summed E-state index contributed by atoms with van der Waals surface area (Å²) in [5, 5.41) is 8.77. The minimum Gasteiger partial charge on any atom is -0.352 e. The van der Waals surface area contributed by atoms with Crippen molar-refractivity contribution in [2.45, 2.75) is 6.29 Å². The number of benzene rings is 1. The van der Waals surface area contributed by atoms with Gasteiger partial charge in [0, 0.05) is 25.3 Å². The van der Waals surface area contributed by atoms with Crippen LogP contribution in [0.25, 0.3) is 11.3 Å². The fourth-order valence-electron chi connectivity index (χ4n) is 1.86. The molecule has 5 heteroatoms. The second kappa shape index (κ2) is 6.24. The molecule has 0 aliphatic rings. The molecule has 0 atom stereocenters. The largest absolute Gasteiger partial charge is 0.352 e. The van der Waals surface area contributed by atoms with E-state index in [9.17, 15) is 4.39 Å². The molecule has 0 aliphatic carbocycles. The van der Waals surface area contributed by atoms with Crippen molar-refractivity contribution in [1.29, 1.82) is 5.26 Å². The Hall–Kier alpha value is -2.29. The van der Waals surface area contributed by atoms with Gasteiger partial charge in [0.2, 0.25) is 0 Å². The molecule has 102 valence electrons. The number of hydrogen-bond acceptors (Lipinski definition) is 4. The highest BCUT2D eigenvalue weighted by molar-refractivity contribution is 5.61. The van der Waals surface area contributed by atoms with E-state index >= 15 is 0 Å². The van der Waals surface area contributed by atoms with E-state index in [2.05, 4.69) is 4.98 Å². The van der Waals surface area contributed by atoms with E-state index in [-0.39, 0.29) is 5.56 Å². The highest BCUT2D eigenvalue weighted by Crippen LogP contribution is 2.25. The Kier molecular flexibility index (Phi) is 4.41. The summed E-state index contributed by atoms with van der Waals surface area (Å²) < 4.78 is 23.9. The van der Waals surface area contributed by atoms with E-state index in [4.69, 9.17) is 14.7 Å². The SMILES string of the molecule is COC(OC)c1cc(-c2ccc(C#N)cc2)ncc1F. The second-order valence-electron chi connectivity index (χ2n) is 4.08. The number of aromatic nitrogens is 1. The number of ether oxygens (including phenoxy) is 2. The minimum absolute atomic E-state index is 0.282. The lowest BCUT2D eigenvalue weighted by Gasteiger charge is -2.15. The number of hydrogen-bond donors (Lipinski definition) is 0. The Labute approximate surface area is 116 Å². The van der Waals surface area contributed by atoms with Crippen molar-refractivity contribution in [3.05, 3.63) is 53.5 Å². The lowest BCUT2D eigenvalue weighted by Crippen LogP contribution is -2.07. The lowest BCUT2D eigenvalue weighted by molar-refractivity contribution is -0.107. The Morgan fingerprint density at radius 2 is 1.85 bits per heavy atom. The summed E-state index contributed by atoms with van der Waals surface area (Å²) in [5.74, 6) is -0.490. The molecule has 2 aromatic rings. The number of nitrogens with zero attached hydrogens (tertiary/aromatic N) is 2. The first-order valence-electron chi connectivity index (χ1n) is 5.91. The maximum atomic E-state index is 13.8. The van der Waals surface area contributed by atoms with Crippen molar-refractivity contribution in [1.82, 2.24) is 4.98 Å². The molecule has 0 unspecified atom stereocenters. The minimum atomic E-state index is -0.782. The standard InChI is InChI=1S/C15H13FN2O2/c1-19-15(20-2)12-7-14(18-9-13(12)16)11-5-3-10(8-17)4-6-11/h3-7,9,15H,1-2H3. The maximum Gasteiger partial charge on any atom is 0.186 e. The van der Waals surface area contributed by atoms with Crippen LogP contribution in [0.5, 0.6) is 0 Å². The van der Waals surface area contributed by atoms with Gasteiger partial charge in [0.15, 0.2) is 6.29 Å². The van der Waals surface area contributed by atoms with E-state index < -0.39 is 12.1 Å². The third-order valence-corrected chi connectivity index (χ3v) is 2.88. The highest BCUT2D eigenvalue weighted by atomic mass is 19.1. The molecule has 2 rings (SSSR count). The highest BCUT2D eigenvalue weighted by Gasteiger charge is 2.16. The molecule has 0 aliphatic heterocycles. The Balaban J connectivity index is 2.42. The average Bonchev–Trinajstić information content (AvgIpc) is 2.50. The summed E-state index contributed by atoms with van der Waals surface area (Å²) in [5.41, 5.74) is 2.22. The zero-order valence-electron chi connectivity index (χ0n) is 11.1. The number of rotatable bonds is 4. The van der Waals surface area contributed by atoms with Gasteiger partial charge in [-0.25, -0.2) is 4.39 Å². The maximum absolute atomic E-state index is 13.8. The lowest BCUT2D eigenvalue weighted by atomic mass is 10.1.